The summed E-state index contributed by atoms with van der Waals surface area (Å²) in [4.78, 5) is 76.6. The number of benzene rings is 6. The maximum Gasteiger partial charge on any atom is 0.418 e. The number of methoxy groups -OCH3 is 3. The molecule has 3 amide bonds. The van der Waals surface area contributed by atoms with Gasteiger partial charge in [-0.25, -0.2) is 22.5 Å². The van der Waals surface area contributed by atoms with E-state index < -0.39 is 58.1 Å². The van der Waals surface area contributed by atoms with Crippen LogP contribution in [-0.4, -0.2) is 176 Å². The van der Waals surface area contributed by atoms with E-state index in [0.29, 0.717) is 67.2 Å². The highest BCUT2D eigenvalue weighted by Gasteiger charge is 2.40. The van der Waals surface area contributed by atoms with Crippen LogP contribution in [0.3, 0.4) is 0 Å². The number of nitrogens with two attached hydrogens (primary N) is 1. The fraction of sp³-hybridized carbons (Fsp3) is 0.267. The quantitative estimate of drug-likeness (QED) is 0.0714. The zero-order valence-electron chi connectivity index (χ0n) is 58.6. The van der Waals surface area contributed by atoms with Crippen molar-refractivity contribution < 1.29 is 69.5 Å². The van der Waals surface area contributed by atoms with Crippen LogP contribution in [0.2, 0.25) is 15.1 Å². The summed E-state index contributed by atoms with van der Waals surface area (Å²) in [6, 6.07) is 20.5. The molecule has 3 atom stereocenters. The molecule has 0 aliphatic carbocycles. The van der Waals surface area contributed by atoms with Crippen molar-refractivity contribution in [1.82, 2.24) is 49.6 Å². The van der Waals surface area contributed by atoms with Gasteiger partial charge in [-0.2, -0.15) is 48.3 Å². The maximum absolute atomic E-state index is 16.3. The molecule has 3 saturated heterocycles. The monoisotopic (exact) mass is 1540 g/mol. The number of aromatic hydroxyl groups is 2. The third-order valence-corrected chi connectivity index (χ3v) is 19.4. The molecule has 0 saturated carbocycles. The molecule has 3 fully saturated rings. The maximum atomic E-state index is 16.3. The van der Waals surface area contributed by atoms with Gasteiger partial charge < -0.3 is 59.6 Å². The first-order chi connectivity index (χ1) is 51.5. The molecule has 10 aromatic rings. The number of phenols is 2. The Kier molecular flexibility index (Phi) is 22.9. The molecular weight excluding hydrogens is 1480 g/mol. The SMILES string of the molecule is C=CC(=O)N1CCN(c2nc(OC)nc3c(F)c(-c4c(O)cccc4F)c(Cl)cc23)C[C@H]1C.C=CC(=O)N1CCN(c2nc(OC)nc3c(F)c(-c4cc(O)cc5ccccc45)c(Cl)cc23)[C@@H](C)C1.C=CC(=O)N1CCN(c2nc(OC)nc3c(F)c(-c4nc(N)cc(C)c4C(F)(F)F)c(Cl)cc23)C[C@@H]1CC#N. The normalized spacial score (nSPS) is 16.0. The lowest BCUT2D eigenvalue weighted by atomic mass is 9.96. The first kappa shape index (κ1) is 77.5. The number of pyridine rings is 1. The summed E-state index contributed by atoms with van der Waals surface area (Å²) in [6.07, 6.45) is -1.15. The van der Waals surface area contributed by atoms with Crippen molar-refractivity contribution in [2.45, 2.75) is 51.5 Å². The molecule has 7 heterocycles. The van der Waals surface area contributed by atoms with Gasteiger partial charge in [-0.1, -0.05) is 84.9 Å². The molecule has 3 aliphatic heterocycles. The number of rotatable bonds is 13. The van der Waals surface area contributed by atoms with Crippen LogP contribution in [-0.2, 0) is 20.6 Å². The summed E-state index contributed by atoms with van der Waals surface area (Å²) in [5.74, 6) is -3.87. The fourth-order valence-electron chi connectivity index (χ4n) is 13.6. The smallest absolute Gasteiger partial charge is 0.418 e. The van der Waals surface area contributed by atoms with E-state index in [1.807, 2.05) is 54.0 Å². The lowest BCUT2D eigenvalue weighted by Crippen LogP contribution is -2.55. The van der Waals surface area contributed by atoms with Gasteiger partial charge in [0, 0.05) is 98.3 Å². The standard InChI is InChI=1S/C27H24ClFN4O3.C25H22ClF4N7O2.C23H21ClF2N4O3/c1-4-22(35)32-9-10-33(15(2)14-32)26-20-13-21(28)23(24(29)25(20)30-27(31-26)36-3)19-12-17(34)11-16-7-5-6-8-18(16)19;1-4-17(38)37-8-7-36(11-13(37)5-6-31)23-14-10-15(26)18(20(27)21(14)34-24(35-23)39-3)22-19(25(28,29)30)12(2)9-16(32)33-22;1-4-17(32)30-9-8-29(11-12(30)2)22-13-10-14(24)18(19-15(25)6-5-7-16(19)31)20(26)21(13)27-23(28-22)33-3/h4-8,11-13,15,34H,1,9-10,14H2,2-3H3;4,9-10,13H,1,5,7-8,11H2,2-3H3,(H2,32,33);4-7,10,12,31H,1,8-9,11H2,2-3H3/t15-;13-;12-/m001/s1. The van der Waals surface area contributed by atoms with E-state index in [-0.39, 0.29) is 151 Å². The summed E-state index contributed by atoms with van der Waals surface area (Å²) in [5, 5.41) is 31.8. The molecule has 0 spiro atoms. The Balaban J connectivity index is 0.000000162. The van der Waals surface area contributed by atoms with Gasteiger partial charge in [-0.15, -0.1) is 0 Å². The third-order valence-electron chi connectivity index (χ3n) is 18.5. The minimum atomic E-state index is -4.88. The van der Waals surface area contributed by atoms with Crippen molar-refractivity contribution in [2.24, 2.45) is 0 Å². The van der Waals surface area contributed by atoms with E-state index in [0.717, 1.165) is 29.0 Å². The zero-order valence-corrected chi connectivity index (χ0v) is 60.9. The number of piperazine rings is 3. The first-order valence-corrected chi connectivity index (χ1v) is 34.3. The summed E-state index contributed by atoms with van der Waals surface area (Å²) in [7, 11) is 4.03. The number of hydrogen-bond donors (Lipinski definition) is 3. The fourth-order valence-corrected chi connectivity index (χ4v) is 14.4. The highest BCUT2D eigenvalue weighted by Crippen LogP contribution is 2.48. The number of amides is 3. The van der Waals surface area contributed by atoms with E-state index in [4.69, 9.17) is 54.7 Å². The van der Waals surface area contributed by atoms with Crippen LogP contribution < -0.4 is 34.6 Å². The van der Waals surface area contributed by atoms with Crippen LogP contribution >= 0.6 is 34.8 Å². The number of halogens is 10. The van der Waals surface area contributed by atoms with Crippen molar-refractivity contribution in [3.63, 3.8) is 0 Å². The number of nitrogens with zero attached hydrogens (tertiary/aromatic N) is 14. The number of nitrogen functional groups attached to an aromatic ring is 1. The van der Waals surface area contributed by atoms with E-state index in [1.165, 1.54) is 75.6 Å². The number of alkyl halides is 3. The molecule has 23 nitrogen and oxygen atoms in total. The summed E-state index contributed by atoms with van der Waals surface area (Å²) < 4.78 is 120. The van der Waals surface area contributed by atoms with Crippen molar-refractivity contribution >= 4 is 119 Å². The largest absolute Gasteiger partial charge is 0.508 e. The van der Waals surface area contributed by atoms with E-state index in [9.17, 15) is 47.4 Å². The Morgan fingerprint density at radius 3 is 1.67 bits per heavy atom. The van der Waals surface area contributed by atoms with Gasteiger partial charge in [-0.3, -0.25) is 14.4 Å². The summed E-state index contributed by atoms with van der Waals surface area (Å²) in [6.45, 7) is 18.9. The number of carbonyl (C=O) groups is 3. The molecule has 0 unspecified atom stereocenters. The lowest BCUT2D eigenvalue weighted by Gasteiger charge is -2.41. The van der Waals surface area contributed by atoms with E-state index in [1.54, 1.807) is 26.8 Å². The number of ether oxygens (including phenoxy) is 3. The number of aromatic nitrogens is 7. The summed E-state index contributed by atoms with van der Waals surface area (Å²) in [5.41, 5.74) is 2.40. The number of hydrogen-bond acceptors (Lipinski definition) is 20. The Hall–Kier alpha value is -11.6. The van der Waals surface area contributed by atoms with Crippen LogP contribution in [0.25, 0.3) is 77.0 Å². The molecule has 3 aliphatic rings. The molecule has 4 aromatic heterocycles. The van der Waals surface area contributed by atoms with Crippen molar-refractivity contribution in [3.8, 4) is 69.1 Å². The second-order valence-electron chi connectivity index (χ2n) is 25.1. The molecule has 0 bridgehead atoms. The molecular formula is C75H67Cl3F7N15O8. The molecule has 13 rings (SSSR count). The number of carbonyl (C=O) groups excluding carboxylic acids is 3. The Morgan fingerprint density at radius 2 is 1.12 bits per heavy atom. The van der Waals surface area contributed by atoms with Gasteiger partial charge in [0.1, 0.15) is 57.1 Å². The number of phenolic OH excluding ortho intramolecular Hbond substituents is 2. The predicted octanol–water partition coefficient (Wildman–Crippen LogP) is 13.9. The number of anilines is 4. The molecule has 6 aromatic carbocycles. The number of fused-ring (bicyclic) bond motifs is 4. The highest BCUT2D eigenvalue weighted by atomic mass is 35.5. The van der Waals surface area contributed by atoms with Gasteiger partial charge in [0.05, 0.1) is 77.3 Å². The average Bonchev–Trinajstić information content (AvgIpc) is 0.749. The van der Waals surface area contributed by atoms with Crippen molar-refractivity contribution in [3.05, 3.63) is 166 Å². The Labute approximate surface area is 628 Å². The van der Waals surface area contributed by atoms with Crippen LogP contribution in [0.4, 0.5) is 54.0 Å². The topological polar surface area (TPSA) is 279 Å². The molecule has 33 heteroatoms. The minimum Gasteiger partial charge on any atom is -0.508 e. The second kappa shape index (κ2) is 31.9. The van der Waals surface area contributed by atoms with Crippen molar-refractivity contribution in [1.29, 1.82) is 5.26 Å². The van der Waals surface area contributed by atoms with E-state index in [2.05, 4.69) is 54.6 Å². The summed E-state index contributed by atoms with van der Waals surface area (Å²) >= 11 is 19.5. The zero-order chi connectivity index (χ0) is 78.1. The first-order valence-electron chi connectivity index (χ1n) is 33.2. The van der Waals surface area contributed by atoms with Crippen LogP contribution in [0.5, 0.6) is 29.5 Å². The van der Waals surface area contributed by atoms with Gasteiger partial charge in [0.15, 0.2) is 17.5 Å². The van der Waals surface area contributed by atoms with Crippen molar-refractivity contribution in [2.75, 3.05) is 101 Å². The number of nitriles is 1. The van der Waals surface area contributed by atoms with Gasteiger partial charge in [-0.05, 0) is 109 Å². The average molecular weight is 1550 g/mol. The second-order valence-corrected chi connectivity index (χ2v) is 26.3. The Bertz CT molecular complexity index is 5330. The Morgan fingerprint density at radius 1 is 0.602 bits per heavy atom. The minimum absolute atomic E-state index is 0.000915. The van der Waals surface area contributed by atoms with Crippen LogP contribution in [0.1, 0.15) is 31.4 Å². The van der Waals surface area contributed by atoms with Gasteiger partial charge in [0.25, 0.3) is 0 Å². The molecule has 0 radical (unpaired) electrons. The lowest BCUT2D eigenvalue weighted by molar-refractivity contribution is -0.137. The molecule has 560 valence electrons. The molecule has 4 N–H and O–H groups in total. The molecule has 108 heavy (non-hydrogen) atoms. The van der Waals surface area contributed by atoms with Crippen LogP contribution in [0, 0.1) is 41.5 Å². The van der Waals surface area contributed by atoms with Gasteiger partial charge in [0.2, 0.25) is 17.7 Å². The van der Waals surface area contributed by atoms with Gasteiger partial charge >= 0.3 is 24.2 Å². The van der Waals surface area contributed by atoms with Crippen LogP contribution in [0.15, 0.2) is 117 Å². The predicted molar refractivity (Wildman–Crippen MR) is 398 cm³/mol. The number of aryl methyl sites for hydroxylation is 1. The van der Waals surface area contributed by atoms with E-state index >= 15 is 13.2 Å². The third kappa shape index (κ3) is 15.1. The highest BCUT2D eigenvalue weighted by molar-refractivity contribution is 6.36.